The summed E-state index contributed by atoms with van der Waals surface area (Å²) in [6.45, 7) is 7.26. The topological polar surface area (TPSA) is 63.7 Å². The molecular formula is C16H23NO4S. The van der Waals surface area contributed by atoms with Crippen LogP contribution in [0.2, 0.25) is 0 Å². The molecule has 1 heterocycles. The maximum absolute atomic E-state index is 12.7. The molecule has 1 aromatic carbocycles. The molecule has 6 heteroatoms. The maximum atomic E-state index is 12.7. The highest BCUT2D eigenvalue weighted by Gasteiger charge is 2.31. The third-order valence-corrected chi connectivity index (χ3v) is 5.68. The van der Waals surface area contributed by atoms with Gasteiger partial charge in [-0.2, -0.15) is 4.31 Å². The Balaban J connectivity index is 2.21. The third-order valence-electron chi connectivity index (χ3n) is 3.84. The van der Waals surface area contributed by atoms with Gasteiger partial charge in [-0.1, -0.05) is 13.8 Å². The molecule has 1 aromatic rings. The van der Waals surface area contributed by atoms with Crippen molar-refractivity contribution < 1.29 is 17.9 Å². The number of piperidine rings is 1. The van der Waals surface area contributed by atoms with Gasteiger partial charge in [0.05, 0.1) is 17.1 Å². The van der Waals surface area contributed by atoms with E-state index in [-0.39, 0.29) is 4.90 Å². The van der Waals surface area contributed by atoms with Crippen molar-refractivity contribution in [3.8, 4) is 0 Å². The molecule has 2 atom stereocenters. The number of rotatable bonds is 4. The van der Waals surface area contributed by atoms with Crippen LogP contribution in [-0.4, -0.2) is 38.4 Å². The molecule has 0 radical (unpaired) electrons. The summed E-state index contributed by atoms with van der Waals surface area (Å²) in [7, 11) is -3.50. The van der Waals surface area contributed by atoms with E-state index in [4.69, 9.17) is 4.74 Å². The molecule has 0 amide bonds. The Morgan fingerprint density at radius 2 is 1.73 bits per heavy atom. The van der Waals surface area contributed by atoms with E-state index >= 15 is 0 Å². The molecule has 5 nitrogen and oxygen atoms in total. The van der Waals surface area contributed by atoms with E-state index in [2.05, 4.69) is 13.8 Å². The first-order valence-electron chi connectivity index (χ1n) is 7.62. The normalized spacial score (nSPS) is 23.2. The first-order valence-corrected chi connectivity index (χ1v) is 9.06. The lowest BCUT2D eigenvalue weighted by Crippen LogP contribution is -2.42. The molecule has 1 aliphatic heterocycles. The summed E-state index contributed by atoms with van der Waals surface area (Å²) in [5.41, 5.74) is 0.362. The summed E-state index contributed by atoms with van der Waals surface area (Å²) in [4.78, 5) is 11.8. The Kier molecular flexibility index (Phi) is 5.24. The molecule has 1 saturated heterocycles. The van der Waals surface area contributed by atoms with Crippen LogP contribution in [0.5, 0.6) is 0 Å². The molecule has 1 fully saturated rings. The molecule has 22 heavy (non-hydrogen) atoms. The van der Waals surface area contributed by atoms with E-state index < -0.39 is 16.0 Å². The molecule has 2 unspecified atom stereocenters. The van der Waals surface area contributed by atoms with Crippen molar-refractivity contribution in [2.45, 2.75) is 32.1 Å². The summed E-state index contributed by atoms with van der Waals surface area (Å²) in [5.74, 6) is 0.279. The molecule has 2 rings (SSSR count). The average Bonchev–Trinajstić information content (AvgIpc) is 2.46. The molecule has 0 aromatic heterocycles. The zero-order valence-corrected chi connectivity index (χ0v) is 14.1. The first-order chi connectivity index (χ1) is 10.3. The van der Waals surface area contributed by atoms with Crippen molar-refractivity contribution in [2.75, 3.05) is 19.7 Å². The molecular weight excluding hydrogens is 302 g/mol. The van der Waals surface area contributed by atoms with Crippen LogP contribution in [0, 0.1) is 11.8 Å². The van der Waals surface area contributed by atoms with E-state index in [1.165, 1.54) is 24.3 Å². The highest BCUT2D eigenvalue weighted by molar-refractivity contribution is 7.89. The number of ether oxygens (including phenoxy) is 1. The number of sulfonamides is 1. The number of benzene rings is 1. The van der Waals surface area contributed by atoms with Crippen LogP contribution in [0.3, 0.4) is 0 Å². The number of hydrogen-bond acceptors (Lipinski definition) is 4. The van der Waals surface area contributed by atoms with Gasteiger partial charge >= 0.3 is 5.97 Å². The molecule has 0 bridgehead atoms. The number of carbonyl (C=O) groups is 1. The summed E-state index contributed by atoms with van der Waals surface area (Å²) < 4.78 is 31.8. The van der Waals surface area contributed by atoms with Crippen molar-refractivity contribution in [3.05, 3.63) is 29.8 Å². The molecule has 0 N–H and O–H groups in total. The van der Waals surface area contributed by atoms with Crippen LogP contribution in [0.15, 0.2) is 29.2 Å². The van der Waals surface area contributed by atoms with Gasteiger partial charge in [-0.05, 0) is 49.4 Å². The number of nitrogens with zero attached hydrogens (tertiary/aromatic N) is 1. The second-order valence-electron chi connectivity index (χ2n) is 6.01. The Hall–Kier alpha value is -1.40. The van der Waals surface area contributed by atoms with Crippen LogP contribution in [0.4, 0.5) is 0 Å². The summed E-state index contributed by atoms with van der Waals surface area (Å²) in [6.07, 6.45) is 1.05. The molecule has 0 saturated carbocycles. The lowest BCUT2D eigenvalue weighted by atomic mass is 9.94. The second kappa shape index (κ2) is 6.79. The van der Waals surface area contributed by atoms with Gasteiger partial charge in [-0.25, -0.2) is 13.2 Å². The average molecular weight is 325 g/mol. The summed E-state index contributed by atoms with van der Waals surface area (Å²) in [5, 5.41) is 0. The quantitative estimate of drug-likeness (QED) is 0.798. The van der Waals surface area contributed by atoms with Crippen LogP contribution in [0.1, 0.15) is 37.6 Å². The summed E-state index contributed by atoms with van der Waals surface area (Å²) >= 11 is 0. The monoisotopic (exact) mass is 325 g/mol. The maximum Gasteiger partial charge on any atom is 0.338 e. The Labute approximate surface area is 132 Å². The van der Waals surface area contributed by atoms with E-state index in [1.807, 2.05) is 0 Å². The predicted molar refractivity (Wildman–Crippen MR) is 84.1 cm³/mol. The number of esters is 1. The summed E-state index contributed by atoms with van der Waals surface area (Å²) in [6, 6.07) is 5.96. The van der Waals surface area contributed by atoms with Crippen LogP contribution in [-0.2, 0) is 14.8 Å². The Morgan fingerprint density at radius 1 is 1.18 bits per heavy atom. The van der Waals surface area contributed by atoms with Crippen LogP contribution < -0.4 is 0 Å². The van der Waals surface area contributed by atoms with Gasteiger partial charge in [-0.3, -0.25) is 0 Å². The highest BCUT2D eigenvalue weighted by atomic mass is 32.2. The lowest BCUT2D eigenvalue weighted by Gasteiger charge is -2.34. The zero-order valence-electron chi connectivity index (χ0n) is 13.3. The standard InChI is InChI=1S/C16H23NO4S/c1-4-21-16(18)14-5-7-15(8-6-14)22(19,20)17-10-12(2)9-13(3)11-17/h5-8,12-13H,4,9-11H2,1-3H3. The first kappa shape index (κ1) is 17.0. The van der Waals surface area contributed by atoms with Gasteiger partial charge in [0.25, 0.3) is 0 Å². The van der Waals surface area contributed by atoms with E-state index in [1.54, 1.807) is 11.2 Å². The number of carbonyl (C=O) groups excluding carboxylic acids is 1. The van der Waals surface area contributed by atoms with E-state index in [0.29, 0.717) is 37.1 Å². The smallest absolute Gasteiger partial charge is 0.338 e. The molecule has 0 aliphatic carbocycles. The fraction of sp³-hybridized carbons (Fsp3) is 0.562. The zero-order chi connectivity index (χ0) is 16.3. The largest absolute Gasteiger partial charge is 0.462 e. The van der Waals surface area contributed by atoms with Crippen molar-refractivity contribution in [1.82, 2.24) is 4.31 Å². The number of hydrogen-bond donors (Lipinski definition) is 0. The van der Waals surface area contributed by atoms with E-state index in [0.717, 1.165) is 6.42 Å². The van der Waals surface area contributed by atoms with Crippen molar-refractivity contribution >= 4 is 16.0 Å². The van der Waals surface area contributed by atoms with Crippen molar-refractivity contribution in [2.24, 2.45) is 11.8 Å². The lowest BCUT2D eigenvalue weighted by molar-refractivity contribution is 0.0526. The van der Waals surface area contributed by atoms with Gasteiger partial charge in [0.2, 0.25) is 10.0 Å². The fourth-order valence-electron chi connectivity index (χ4n) is 2.93. The van der Waals surface area contributed by atoms with Crippen molar-refractivity contribution in [3.63, 3.8) is 0 Å². The van der Waals surface area contributed by atoms with E-state index in [9.17, 15) is 13.2 Å². The van der Waals surface area contributed by atoms with Crippen LogP contribution >= 0.6 is 0 Å². The van der Waals surface area contributed by atoms with Gasteiger partial charge in [0, 0.05) is 13.1 Å². The molecule has 1 aliphatic rings. The fourth-order valence-corrected chi connectivity index (χ4v) is 4.61. The molecule has 0 spiro atoms. The van der Waals surface area contributed by atoms with Gasteiger partial charge in [0.1, 0.15) is 0 Å². The van der Waals surface area contributed by atoms with Gasteiger partial charge in [-0.15, -0.1) is 0 Å². The SMILES string of the molecule is CCOC(=O)c1ccc(S(=O)(=O)N2CC(C)CC(C)C2)cc1. The predicted octanol–water partition coefficient (Wildman–Crippen LogP) is 2.53. The van der Waals surface area contributed by atoms with Crippen molar-refractivity contribution in [1.29, 1.82) is 0 Å². The highest BCUT2D eigenvalue weighted by Crippen LogP contribution is 2.26. The minimum absolute atomic E-state index is 0.224. The minimum Gasteiger partial charge on any atom is -0.462 e. The van der Waals surface area contributed by atoms with Gasteiger partial charge < -0.3 is 4.74 Å². The van der Waals surface area contributed by atoms with Crippen LogP contribution in [0.25, 0.3) is 0 Å². The minimum atomic E-state index is -3.50. The Morgan fingerprint density at radius 3 is 2.23 bits per heavy atom. The Bertz CT molecular complexity index is 614. The second-order valence-corrected chi connectivity index (χ2v) is 7.95. The third kappa shape index (κ3) is 3.67. The van der Waals surface area contributed by atoms with Gasteiger partial charge in [0.15, 0.2) is 0 Å². The molecule has 122 valence electrons.